The molecule has 0 bridgehead atoms. The topological polar surface area (TPSA) is 29.3 Å². The van der Waals surface area contributed by atoms with Gasteiger partial charge >= 0.3 is 0 Å². The normalized spacial score (nSPS) is 31.2. The third-order valence-corrected chi connectivity index (χ3v) is 3.35. The van der Waals surface area contributed by atoms with Crippen molar-refractivity contribution in [3.05, 3.63) is 0 Å². The molecule has 13 heavy (non-hydrogen) atoms. The first kappa shape index (κ1) is 11.0. The summed E-state index contributed by atoms with van der Waals surface area (Å²) in [5.74, 6) is 0.737. The number of likely N-dealkylation sites (tertiary alicyclic amines) is 1. The van der Waals surface area contributed by atoms with Crippen molar-refractivity contribution in [2.75, 3.05) is 13.1 Å². The molecule has 0 aromatic rings. The van der Waals surface area contributed by atoms with Gasteiger partial charge in [0.1, 0.15) is 0 Å². The lowest BCUT2D eigenvalue weighted by molar-refractivity contribution is 0.0645. The van der Waals surface area contributed by atoms with E-state index >= 15 is 0 Å². The van der Waals surface area contributed by atoms with Crippen molar-refractivity contribution >= 4 is 0 Å². The van der Waals surface area contributed by atoms with Crippen molar-refractivity contribution in [1.29, 1.82) is 0 Å². The summed E-state index contributed by atoms with van der Waals surface area (Å²) in [6.45, 7) is 9.01. The summed E-state index contributed by atoms with van der Waals surface area (Å²) in [5, 5.41) is 0. The average Bonchev–Trinajstić information content (AvgIpc) is 2.16. The van der Waals surface area contributed by atoms with Crippen LogP contribution in [0.4, 0.5) is 0 Å². The molecule has 1 rings (SSSR count). The molecule has 0 saturated carbocycles. The molecule has 2 nitrogen and oxygen atoms in total. The Morgan fingerprint density at radius 2 is 2.15 bits per heavy atom. The van der Waals surface area contributed by atoms with Crippen LogP contribution in [0.2, 0.25) is 0 Å². The number of nitrogens with zero attached hydrogens (tertiary/aromatic N) is 1. The number of rotatable bonds is 3. The van der Waals surface area contributed by atoms with Gasteiger partial charge in [0.25, 0.3) is 0 Å². The molecule has 1 aliphatic rings. The van der Waals surface area contributed by atoms with Crippen molar-refractivity contribution in [2.45, 2.75) is 52.1 Å². The smallest absolute Gasteiger partial charge is 0.0136 e. The minimum Gasteiger partial charge on any atom is -0.330 e. The Morgan fingerprint density at radius 3 is 2.62 bits per heavy atom. The molecular weight excluding hydrogens is 160 g/mol. The van der Waals surface area contributed by atoms with Gasteiger partial charge in [0.15, 0.2) is 0 Å². The first-order valence-electron chi connectivity index (χ1n) is 5.66. The van der Waals surface area contributed by atoms with Crippen molar-refractivity contribution in [3.8, 4) is 0 Å². The van der Waals surface area contributed by atoms with Gasteiger partial charge in [-0.15, -0.1) is 0 Å². The molecule has 78 valence electrons. The molecule has 0 radical (unpaired) electrons. The summed E-state index contributed by atoms with van der Waals surface area (Å²) in [6, 6.07) is 1.41. The van der Waals surface area contributed by atoms with Gasteiger partial charge in [0, 0.05) is 12.1 Å². The van der Waals surface area contributed by atoms with Crippen LogP contribution in [-0.2, 0) is 0 Å². The fourth-order valence-corrected chi connectivity index (χ4v) is 2.65. The molecule has 1 aliphatic heterocycles. The average molecular weight is 184 g/mol. The van der Waals surface area contributed by atoms with Crippen LogP contribution < -0.4 is 5.73 Å². The standard InChI is InChI=1S/C11H24N2/c1-4-11-10(8-12)6-5-7-13(11)9(2)3/h9-11H,4-8,12H2,1-3H3. The molecule has 0 aliphatic carbocycles. The minimum absolute atomic E-state index is 0.680. The van der Waals surface area contributed by atoms with E-state index in [1.165, 1.54) is 25.8 Å². The highest BCUT2D eigenvalue weighted by Gasteiger charge is 2.30. The highest BCUT2D eigenvalue weighted by atomic mass is 15.2. The minimum atomic E-state index is 0.680. The zero-order chi connectivity index (χ0) is 9.84. The van der Waals surface area contributed by atoms with E-state index < -0.39 is 0 Å². The molecule has 1 saturated heterocycles. The summed E-state index contributed by atoms with van der Waals surface area (Å²) in [7, 11) is 0. The zero-order valence-corrected chi connectivity index (χ0v) is 9.29. The second-order valence-electron chi connectivity index (χ2n) is 4.45. The van der Waals surface area contributed by atoms with Gasteiger partial charge in [0.2, 0.25) is 0 Å². The monoisotopic (exact) mass is 184 g/mol. The van der Waals surface area contributed by atoms with E-state index in [1.807, 2.05) is 0 Å². The van der Waals surface area contributed by atoms with Gasteiger partial charge in [-0.25, -0.2) is 0 Å². The van der Waals surface area contributed by atoms with E-state index in [-0.39, 0.29) is 0 Å². The van der Waals surface area contributed by atoms with E-state index in [0.29, 0.717) is 6.04 Å². The van der Waals surface area contributed by atoms with Crippen LogP contribution in [0.5, 0.6) is 0 Å². The molecule has 0 amide bonds. The van der Waals surface area contributed by atoms with Crippen LogP contribution in [-0.4, -0.2) is 30.1 Å². The quantitative estimate of drug-likeness (QED) is 0.725. The second-order valence-corrected chi connectivity index (χ2v) is 4.45. The van der Waals surface area contributed by atoms with Crippen molar-refractivity contribution in [1.82, 2.24) is 4.90 Å². The molecule has 1 fully saturated rings. The molecule has 2 N–H and O–H groups in total. The van der Waals surface area contributed by atoms with Gasteiger partial charge in [-0.05, 0) is 52.1 Å². The largest absolute Gasteiger partial charge is 0.330 e. The molecule has 1 heterocycles. The van der Waals surface area contributed by atoms with Gasteiger partial charge in [-0.1, -0.05) is 6.92 Å². The Bertz CT molecular complexity index is 145. The summed E-state index contributed by atoms with van der Waals surface area (Å²) in [5.41, 5.74) is 5.80. The summed E-state index contributed by atoms with van der Waals surface area (Å²) < 4.78 is 0. The molecule has 2 heteroatoms. The summed E-state index contributed by atoms with van der Waals surface area (Å²) >= 11 is 0. The Morgan fingerprint density at radius 1 is 1.46 bits per heavy atom. The van der Waals surface area contributed by atoms with E-state index in [0.717, 1.165) is 18.5 Å². The number of hydrogen-bond acceptors (Lipinski definition) is 2. The van der Waals surface area contributed by atoms with E-state index in [1.54, 1.807) is 0 Å². The lowest BCUT2D eigenvalue weighted by Crippen LogP contribution is -2.50. The van der Waals surface area contributed by atoms with E-state index in [4.69, 9.17) is 5.73 Å². The first-order chi connectivity index (χ1) is 6.20. The summed E-state index contributed by atoms with van der Waals surface area (Å²) in [6.07, 6.45) is 3.91. The van der Waals surface area contributed by atoms with Crippen molar-refractivity contribution in [2.24, 2.45) is 11.7 Å². The fraction of sp³-hybridized carbons (Fsp3) is 1.00. The van der Waals surface area contributed by atoms with Gasteiger partial charge in [-0.3, -0.25) is 4.90 Å². The Hall–Kier alpha value is -0.0800. The predicted octanol–water partition coefficient (Wildman–Crippen LogP) is 1.84. The molecule has 2 unspecified atom stereocenters. The molecule has 0 aromatic carbocycles. The fourth-order valence-electron chi connectivity index (χ4n) is 2.65. The lowest BCUT2D eigenvalue weighted by atomic mass is 9.87. The number of hydrogen-bond donors (Lipinski definition) is 1. The second kappa shape index (κ2) is 4.97. The zero-order valence-electron chi connectivity index (χ0n) is 9.29. The maximum absolute atomic E-state index is 5.80. The lowest BCUT2D eigenvalue weighted by Gasteiger charge is -2.43. The van der Waals surface area contributed by atoms with Crippen LogP contribution in [0.25, 0.3) is 0 Å². The molecule has 0 aromatic heterocycles. The maximum atomic E-state index is 5.80. The van der Waals surface area contributed by atoms with Gasteiger partial charge in [-0.2, -0.15) is 0 Å². The number of piperidine rings is 1. The number of nitrogens with two attached hydrogens (primary N) is 1. The first-order valence-corrected chi connectivity index (χ1v) is 5.66. The predicted molar refractivity (Wildman–Crippen MR) is 57.7 cm³/mol. The van der Waals surface area contributed by atoms with Crippen LogP contribution >= 0.6 is 0 Å². The maximum Gasteiger partial charge on any atom is 0.0136 e. The highest BCUT2D eigenvalue weighted by molar-refractivity contribution is 4.85. The van der Waals surface area contributed by atoms with Gasteiger partial charge in [0.05, 0.1) is 0 Å². The van der Waals surface area contributed by atoms with Crippen molar-refractivity contribution < 1.29 is 0 Å². The Labute approximate surface area is 82.5 Å². The van der Waals surface area contributed by atoms with E-state index in [2.05, 4.69) is 25.7 Å². The third-order valence-electron chi connectivity index (χ3n) is 3.35. The summed E-state index contributed by atoms with van der Waals surface area (Å²) in [4.78, 5) is 2.63. The van der Waals surface area contributed by atoms with Crippen molar-refractivity contribution in [3.63, 3.8) is 0 Å². The van der Waals surface area contributed by atoms with Crippen LogP contribution in [0.3, 0.4) is 0 Å². The molecule has 0 spiro atoms. The highest BCUT2D eigenvalue weighted by Crippen LogP contribution is 2.26. The van der Waals surface area contributed by atoms with Crippen LogP contribution in [0, 0.1) is 5.92 Å². The van der Waals surface area contributed by atoms with Crippen LogP contribution in [0.15, 0.2) is 0 Å². The Balaban J connectivity index is 2.61. The SMILES string of the molecule is CCC1C(CN)CCCN1C(C)C. The van der Waals surface area contributed by atoms with Crippen LogP contribution in [0.1, 0.15) is 40.0 Å². The Kier molecular flexibility index (Phi) is 4.20. The van der Waals surface area contributed by atoms with E-state index in [9.17, 15) is 0 Å². The molecule has 2 atom stereocenters. The molecular formula is C11H24N2. The third kappa shape index (κ3) is 2.44. The van der Waals surface area contributed by atoms with Gasteiger partial charge < -0.3 is 5.73 Å².